The second-order valence-electron chi connectivity index (χ2n) is 5.93. The summed E-state index contributed by atoms with van der Waals surface area (Å²) in [7, 11) is 3.43. The predicted octanol–water partition coefficient (Wildman–Crippen LogP) is 2.87. The number of nitro benzene ring substituents is 1. The van der Waals surface area contributed by atoms with Gasteiger partial charge in [-0.3, -0.25) is 14.9 Å². The first-order valence-corrected chi connectivity index (χ1v) is 8.67. The summed E-state index contributed by atoms with van der Waals surface area (Å²) in [6.45, 7) is 0. The molecule has 1 amide bonds. The fourth-order valence-corrected chi connectivity index (χ4v) is 3.84. The number of thiophene rings is 1. The Bertz CT molecular complexity index is 982. The number of nitro groups is 1. The Morgan fingerprint density at radius 2 is 1.96 bits per heavy atom. The predicted molar refractivity (Wildman–Crippen MR) is 101 cm³/mol. The van der Waals surface area contributed by atoms with Gasteiger partial charge in [0.2, 0.25) is 5.91 Å². The molecular weight excluding hydrogens is 354 g/mol. The number of hydrogen-bond acceptors (Lipinski definition) is 7. The normalized spacial score (nSPS) is 10.8. The lowest BCUT2D eigenvalue weighted by atomic mass is 10.0. The summed E-state index contributed by atoms with van der Waals surface area (Å²) in [5.41, 5.74) is 7.70. The molecule has 2 aromatic heterocycles. The number of carbonyl (C=O) groups is 1. The van der Waals surface area contributed by atoms with Gasteiger partial charge in [0.15, 0.2) is 0 Å². The van der Waals surface area contributed by atoms with Crippen LogP contribution in [0.2, 0.25) is 0 Å². The van der Waals surface area contributed by atoms with Gasteiger partial charge in [0.05, 0.1) is 10.3 Å². The minimum Gasteiger partial charge on any atom is -0.383 e. The van der Waals surface area contributed by atoms with Gasteiger partial charge >= 0.3 is 0 Å². The van der Waals surface area contributed by atoms with Crippen LogP contribution in [0.3, 0.4) is 0 Å². The minimum absolute atomic E-state index is 0.0156. The van der Waals surface area contributed by atoms with Crippen LogP contribution in [0.1, 0.15) is 11.3 Å². The summed E-state index contributed by atoms with van der Waals surface area (Å²) in [5.74, 6) is 0.376. The maximum atomic E-state index is 12.0. The fraction of sp³-hybridized carbons (Fsp3) is 0.235. The SMILES string of the molecule is CN(C)C(=O)CCc1sc2ncnc(N)c2c1-c1ccc([N+](=O)[O-])cc1. The topological polar surface area (TPSA) is 115 Å². The molecule has 2 heterocycles. The van der Waals surface area contributed by atoms with Gasteiger partial charge < -0.3 is 10.6 Å². The summed E-state index contributed by atoms with van der Waals surface area (Å²) < 4.78 is 0. The van der Waals surface area contributed by atoms with Crippen LogP contribution in [0.25, 0.3) is 21.3 Å². The van der Waals surface area contributed by atoms with E-state index in [4.69, 9.17) is 5.73 Å². The van der Waals surface area contributed by atoms with Crippen LogP contribution in [0.5, 0.6) is 0 Å². The van der Waals surface area contributed by atoms with E-state index >= 15 is 0 Å². The number of anilines is 1. The number of nitrogens with zero attached hydrogens (tertiary/aromatic N) is 4. The number of hydrogen-bond donors (Lipinski definition) is 1. The molecular formula is C17H17N5O3S. The number of carbonyl (C=O) groups excluding carboxylic acids is 1. The van der Waals surface area contributed by atoms with Gasteiger partial charge in [0, 0.05) is 43.1 Å². The van der Waals surface area contributed by atoms with E-state index in [2.05, 4.69) is 9.97 Å². The zero-order valence-corrected chi connectivity index (χ0v) is 15.1. The Kier molecular flexibility index (Phi) is 4.81. The molecule has 0 saturated carbocycles. The zero-order chi connectivity index (χ0) is 18.8. The molecule has 9 heteroatoms. The number of benzene rings is 1. The molecule has 26 heavy (non-hydrogen) atoms. The molecule has 134 valence electrons. The van der Waals surface area contributed by atoms with Gasteiger partial charge in [0.25, 0.3) is 5.69 Å². The maximum Gasteiger partial charge on any atom is 0.269 e. The van der Waals surface area contributed by atoms with Gasteiger partial charge in [-0.25, -0.2) is 9.97 Å². The van der Waals surface area contributed by atoms with Crippen molar-refractivity contribution < 1.29 is 9.72 Å². The molecule has 8 nitrogen and oxygen atoms in total. The smallest absolute Gasteiger partial charge is 0.269 e. The lowest BCUT2D eigenvalue weighted by Crippen LogP contribution is -2.21. The van der Waals surface area contributed by atoms with E-state index in [0.29, 0.717) is 18.7 Å². The minimum atomic E-state index is -0.441. The van der Waals surface area contributed by atoms with E-state index in [9.17, 15) is 14.9 Å². The van der Waals surface area contributed by atoms with Crippen molar-refractivity contribution in [1.82, 2.24) is 14.9 Å². The summed E-state index contributed by atoms with van der Waals surface area (Å²) in [6.07, 6.45) is 2.29. The number of nitrogen functional groups attached to an aromatic ring is 1. The Morgan fingerprint density at radius 3 is 2.58 bits per heavy atom. The van der Waals surface area contributed by atoms with E-state index in [-0.39, 0.29) is 11.6 Å². The molecule has 2 N–H and O–H groups in total. The summed E-state index contributed by atoms with van der Waals surface area (Å²) in [5, 5.41) is 11.6. The third-order valence-corrected chi connectivity index (χ3v) is 5.18. The molecule has 0 aliphatic carbocycles. The third-order valence-electron chi connectivity index (χ3n) is 4.02. The van der Waals surface area contributed by atoms with E-state index in [1.54, 1.807) is 31.1 Å². The lowest BCUT2D eigenvalue weighted by Gasteiger charge is -2.10. The fourth-order valence-electron chi connectivity index (χ4n) is 2.68. The van der Waals surface area contributed by atoms with Crippen molar-refractivity contribution in [3.05, 3.63) is 45.6 Å². The Morgan fingerprint density at radius 1 is 1.27 bits per heavy atom. The Labute approximate surface area is 153 Å². The average molecular weight is 371 g/mol. The highest BCUT2D eigenvalue weighted by molar-refractivity contribution is 7.19. The number of aryl methyl sites for hydroxylation is 1. The average Bonchev–Trinajstić information content (AvgIpc) is 2.99. The third kappa shape index (κ3) is 3.33. The first-order chi connectivity index (χ1) is 12.4. The molecule has 0 spiro atoms. The van der Waals surface area contributed by atoms with Crippen LogP contribution in [0.4, 0.5) is 11.5 Å². The van der Waals surface area contributed by atoms with E-state index < -0.39 is 4.92 Å². The summed E-state index contributed by atoms with van der Waals surface area (Å²) >= 11 is 1.46. The van der Waals surface area contributed by atoms with Crippen LogP contribution < -0.4 is 5.73 Å². The molecule has 0 atom stereocenters. The second-order valence-corrected chi connectivity index (χ2v) is 7.02. The molecule has 0 aliphatic rings. The number of fused-ring (bicyclic) bond motifs is 1. The molecule has 0 saturated heterocycles. The van der Waals surface area contributed by atoms with E-state index in [0.717, 1.165) is 26.2 Å². The van der Waals surface area contributed by atoms with Gasteiger partial charge in [-0.05, 0) is 24.1 Å². The van der Waals surface area contributed by atoms with Gasteiger partial charge in [-0.1, -0.05) is 0 Å². The highest BCUT2D eigenvalue weighted by Crippen LogP contribution is 2.41. The summed E-state index contributed by atoms with van der Waals surface area (Å²) in [4.78, 5) is 34.0. The van der Waals surface area contributed by atoms with Crippen molar-refractivity contribution in [1.29, 1.82) is 0 Å². The van der Waals surface area contributed by atoms with Crippen molar-refractivity contribution in [3.8, 4) is 11.1 Å². The van der Waals surface area contributed by atoms with E-state index in [1.165, 1.54) is 29.8 Å². The largest absolute Gasteiger partial charge is 0.383 e. The van der Waals surface area contributed by atoms with E-state index in [1.807, 2.05) is 0 Å². The Hall–Kier alpha value is -3.07. The maximum absolute atomic E-state index is 12.0. The molecule has 3 aromatic rings. The van der Waals surface area contributed by atoms with Gasteiger partial charge in [-0.2, -0.15) is 0 Å². The van der Waals surface area contributed by atoms with Crippen LogP contribution in [0.15, 0.2) is 30.6 Å². The second kappa shape index (κ2) is 7.04. The Balaban J connectivity index is 2.10. The molecule has 0 fully saturated rings. The number of aromatic nitrogens is 2. The molecule has 1 aromatic carbocycles. The van der Waals surface area contributed by atoms with Crippen molar-refractivity contribution in [2.24, 2.45) is 0 Å². The number of amides is 1. The molecule has 3 rings (SSSR count). The van der Waals surface area contributed by atoms with Crippen LogP contribution in [-0.2, 0) is 11.2 Å². The molecule has 0 unspecified atom stereocenters. The van der Waals surface area contributed by atoms with Crippen molar-refractivity contribution >= 4 is 39.0 Å². The first-order valence-electron chi connectivity index (χ1n) is 7.85. The van der Waals surface area contributed by atoms with Crippen molar-refractivity contribution in [2.45, 2.75) is 12.8 Å². The monoisotopic (exact) mass is 371 g/mol. The van der Waals surface area contributed by atoms with Crippen LogP contribution in [-0.4, -0.2) is 39.8 Å². The van der Waals surface area contributed by atoms with Crippen molar-refractivity contribution in [2.75, 3.05) is 19.8 Å². The zero-order valence-electron chi connectivity index (χ0n) is 14.3. The molecule has 0 aliphatic heterocycles. The standard InChI is InChI=1S/C17H17N5O3S/c1-21(2)13(23)8-7-12-14(10-3-5-11(6-4-10)22(24)25)15-16(18)19-9-20-17(15)26-12/h3-6,9H,7-8H2,1-2H3,(H2,18,19,20). The van der Waals surface area contributed by atoms with Gasteiger partial charge in [0.1, 0.15) is 17.0 Å². The number of nitrogens with two attached hydrogens (primary N) is 1. The first kappa shape index (κ1) is 17.7. The van der Waals surface area contributed by atoms with Crippen LogP contribution in [0, 0.1) is 10.1 Å². The quantitative estimate of drug-likeness (QED) is 0.545. The number of rotatable bonds is 5. The highest BCUT2D eigenvalue weighted by Gasteiger charge is 2.19. The molecule has 0 radical (unpaired) electrons. The van der Waals surface area contributed by atoms with Gasteiger partial charge in [-0.15, -0.1) is 11.3 Å². The van der Waals surface area contributed by atoms with Crippen molar-refractivity contribution in [3.63, 3.8) is 0 Å². The van der Waals surface area contributed by atoms with Crippen LogP contribution >= 0.6 is 11.3 Å². The highest BCUT2D eigenvalue weighted by atomic mass is 32.1. The summed E-state index contributed by atoms with van der Waals surface area (Å²) in [6, 6.07) is 6.27. The lowest BCUT2D eigenvalue weighted by molar-refractivity contribution is -0.384. The molecule has 0 bridgehead atoms. The number of non-ortho nitro benzene ring substituents is 1.